The van der Waals surface area contributed by atoms with Gasteiger partial charge in [-0.3, -0.25) is 0 Å². The second-order valence-corrected chi connectivity index (χ2v) is 5.14. The highest BCUT2D eigenvalue weighted by molar-refractivity contribution is 5.89. The predicted molar refractivity (Wildman–Crippen MR) is 82.3 cm³/mol. The quantitative estimate of drug-likeness (QED) is 0.761. The van der Waals surface area contributed by atoms with E-state index in [2.05, 4.69) is 0 Å². The molecule has 0 unspecified atom stereocenters. The molecule has 1 atom stereocenters. The zero-order valence-electron chi connectivity index (χ0n) is 12.9. The normalized spacial score (nSPS) is 12.1. The maximum Gasteiger partial charge on any atom is 0.338 e. The molecule has 0 spiro atoms. The van der Waals surface area contributed by atoms with E-state index in [9.17, 15) is 9.90 Å². The summed E-state index contributed by atoms with van der Waals surface area (Å²) in [6.07, 6.45) is -0.329. The highest BCUT2D eigenvalue weighted by atomic mass is 16.5. The standard InChI is InChI=1S/C17H21NO4/c1-3-21-17(20)14-6-4-13(5-7-14)16-9-8-15(22-16)11-18-10-12(2)19/h4-9,12,18-19H,3,10-11H2,1-2H3/p+1/t12-/m1/s1. The first-order chi connectivity index (χ1) is 10.6. The number of furan rings is 1. The van der Waals surface area contributed by atoms with Crippen molar-refractivity contribution in [1.29, 1.82) is 0 Å². The molecule has 5 nitrogen and oxygen atoms in total. The Hall–Kier alpha value is -2.11. The molecule has 118 valence electrons. The molecule has 1 heterocycles. The molecule has 0 amide bonds. The number of ether oxygens (including phenoxy) is 1. The molecule has 0 radical (unpaired) electrons. The summed E-state index contributed by atoms with van der Waals surface area (Å²) < 4.78 is 10.7. The molecule has 1 aromatic heterocycles. The molecule has 0 aliphatic rings. The van der Waals surface area contributed by atoms with Crippen LogP contribution in [0.5, 0.6) is 0 Å². The van der Waals surface area contributed by atoms with Crippen molar-refractivity contribution >= 4 is 5.97 Å². The highest BCUT2D eigenvalue weighted by Gasteiger charge is 2.09. The Morgan fingerprint density at radius 2 is 2.00 bits per heavy atom. The number of carbonyl (C=O) groups excluding carboxylic acids is 1. The fourth-order valence-electron chi connectivity index (χ4n) is 2.09. The number of carbonyl (C=O) groups is 1. The first-order valence-electron chi connectivity index (χ1n) is 7.46. The van der Waals surface area contributed by atoms with E-state index in [4.69, 9.17) is 9.15 Å². The van der Waals surface area contributed by atoms with Crippen molar-refractivity contribution in [2.75, 3.05) is 13.2 Å². The van der Waals surface area contributed by atoms with E-state index in [1.165, 1.54) is 0 Å². The van der Waals surface area contributed by atoms with Crippen molar-refractivity contribution in [3.63, 3.8) is 0 Å². The minimum Gasteiger partial charge on any atom is -0.462 e. The van der Waals surface area contributed by atoms with Crippen LogP contribution >= 0.6 is 0 Å². The maximum atomic E-state index is 11.6. The van der Waals surface area contributed by atoms with Crippen molar-refractivity contribution < 1.29 is 24.4 Å². The van der Waals surface area contributed by atoms with Crippen LogP contribution in [0.2, 0.25) is 0 Å². The minimum atomic E-state index is -0.329. The average Bonchev–Trinajstić information content (AvgIpc) is 2.96. The lowest BCUT2D eigenvalue weighted by Gasteiger charge is -2.03. The van der Waals surface area contributed by atoms with E-state index < -0.39 is 0 Å². The fourth-order valence-corrected chi connectivity index (χ4v) is 2.09. The number of esters is 1. The summed E-state index contributed by atoms with van der Waals surface area (Å²) in [5.41, 5.74) is 1.44. The zero-order chi connectivity index (χ0) is 15.9. The van der Waals surface area contributed by atoms with Gasteiger partial charge in [-0.05, 0) is 38.1 Å². The van der Waals surface area contributed by atoms with E-state index in [0.29, 0.717) is 25.3 Å². The average molecular weight is 304 g/mol. The topological polar surface area (TPSA) is 76.3 Å². The second kappa shape index (κ2) is 7.77. The molecule has 0 saturated heterocycles. The molecular formula is C17H22NO4+. The van der Waals surface area contributed by atoms with Crippen LogP contribution in [0.25, 0.3) is 11.3 Å². The second-order valence-electron chi connectivity index (χ2n) is 5.14. The molecule has 2 rings (SSSR count). The molecule has 0 saturated carbocycles. The zero-order valence-corrected chi connectivity index (χ0v) is 12.9. The number of benzene rings is 1. The Bertz CT molecular complexity index is 601. The minimum absolute atomic E-state index is 0.318. The molecular weight excluding hydrogens is 282 g/mol. The summed E-state index contributed by atoms with van der Waals surface area (Å²) in [5, 5.41) is 11.2. The number of rotatable bonds is 7. The maximum absolute atomic E-state index is 11.6. The van der Waals surface area contributed by atoms with Crippen molar-refractivity contribution in [2.45, 2.75) is 26.5 Å². The molecule has 3 N–H and O–H groups in total. The molecule has 0 fully saturated rings. The van der Waals surface area contributed by atoms with Crippen LogP contribution in [0.3, 0.4) is 0 Å². The largest absolute Gasteiger partial charge is 0.462 e. The summed E-state index contributed by atoms with van der Waals surface area (Å²) in [6, 6.07) is 11.0. The van der Waals surface area contributed by atoms with E-state index in [1.807, 2.05) is 29.6 Å². The third-order valence-corrected chi connectivity index (χ3v) is 3.20. The molecule has 2 aromatic rings. The van der Waals surface area contributed by atoms with Gasteiger partial charge in [0.15, 0.2) is 5.76 Å². The van der Waals surface area contributed by atoms with Gasteiger partial charge in [0.2, 0.25) is 0 Å². The van der Waals surface area contributed by atoms with Crippen LogP contribution in [0.15, 0.2) is 40.8 Å². The van der Waals surface area contributed by atoms with Gasteiger partial charge in [-0.1, -0.05) is 12.1 Å². The van der Waals surface area contributed by atoms with Crippen molar-refractivity contribution in [1.82, 2.24) is 0 Å². The Morgan fingerprint density at radius 1 is 1.27 bits per heavy atom. The van der Waals surface area contributed by atoms with Gasteiger partial charge in [0.1, 0.15) is 18.8 Å². The summed E-state index contributed by atoms with van der Waals surface area (Å²) in [4.78, 5) is 11.6. The first kappa shape index (κ1) is 16.3. The third-order valence-electron chi connectivity index (χ3n) is 3.20. The van der Waals surface area contributed by atoms with Gasteiger partial charge < -0.3 is 19.6 Å². The van der Waals surface area contributed by atoms with E-state index >= 15 is 0 Å². The van der Waals surface area contributed by atoms with Crippen molar-refractivity contribution in [3.8, 4) is 11.3 Å². The molecule has 0 aliphatic carbocycles. The van der Waals surface area contributed by atoms with Crippen LogP contribution in [-0.2, 0) is 11.3 Å². The summed E-state index contributed by atoms with van der Waals surface area (Å²) in [7, 11) is 0. The Kier molecular flexibility index (Phi) is 5.75. The SMILES string of the molecule is CCOC(=O)c1ccc(-c2ccc(C[NH2+]C[C@@H](C)O)o2)cc1. The van der Waals surface area contributed by atoms with Crippen LogP contribution in [0.4, 0.5) is 0 Å². The molecule has 0 aliphatic heterocycles. The lowest BCUT2D eigenvalue weighted by atomic mass is 10.1. The number of aliphatic hydroxyl groups is 1. The van der Waals surface area contributed by atoms with Gasteiger partial charge in [0.05, 0.1) is 18.3 Å². The van der Waals surface area contributed by atoms with Gasteiger partial charge in [-0.15, -0.1) is 0 Å². The number of nitrogens with two attached hydrogens (primary N) is 1. The molecule has 0 bridgehead atoms. The summed E-state index contributed by atoms with van der Waals surface area (Å²) in [6.45, 7) is 5.24. The van der Waals surface area contributed by atoms with Gasteiger partial charge in [0.25, 0.3) is 0 Å². The molecule has 22 heavy (non-hydrogen) atoms. The van der Waals surface area contributed by atoms with E-state index in [-0.39, 0.29) is 12.1 Å². The lowest BCUT2D eigenvalue weighted by molar-refractivity contribution is -0.677. The van der Waals surface area contributed by atoms with Crippen LogP contribution in [-0.4, -0.2) is 30.3 Å². The van der Waals surface area contributed by atoms with E-state index in [1.54, 1.807) is 26.0 Å². The summed E-state index contributed by atoms with van der Waals surface area (Å²) >= 11 is 0. The number of aliphatic hydroxyl groups excluding tert-OH is 1. The van der Waals surface area contributed by atoms with Crippen molar-refractivity contribution in [3.05, 3.63) is 47.7 Å². The Morgan fingerprint density at radius 3 is 2.64 bits per heavy atom. The van der Waals surface area contributed by atoms with Crippen LogP contribution in [0.1, 0.15) is 30.0 Å². The Labute approximate surface area is 129 Å². The van der Waals surface area contributed by atoms with Gasteiger partial charge in [0, 0.05) is 5.56 Å². The fraction of sp³-hybridized carbons (Fsp3) is 0.353. The monoisotopic (exact) mass is 304 g/mol. The third kappa shape index (κ3) is 4.44. The molecule has 1 aromatic carbocycles. The first-order valence-corrected chi connectivity index (χ1v) is 7.46. The predicted octanol–water partition coefficient (Wildman–Crippen LogP) is 1.57. The number of hydrogen-bond donors (Lipinski definition) is 2. The Balaban J connectivity index is 2.00. The number of hydrogen-bond acceptors (Lipinski definition) is 4. The lowest BCUT2D eigenvalue weighted by Crippen LogP contribution is -2.84. The van der Waals surface area contributed by atoms with Gasteiger partial charge in [-0.25, -0.2) is 4.79 Å². The molecule has 5 heteroatoms. The van der Waals surface area contributed by atoms with Crippen LogP contribution in [0, 0.1) is 0 Å². The van der Waals surface area contributed by atoms with Gasteiger partial charge >= 0.3 is 5.97 Å². The number of quaternary nitrogens is 1. The van der Waals surface area contributed by atoms with E-state index in [0.717, 1.165) is 17.1 Å². The highest BCUT2D eigenvalue weighted by Crippen LogP contribution is 2.22. The summed E-state index contributed by atoms with van der Waals surface area (Å²) in [5.74, 6) is 1.29. The van der Waals surface area contributed by atoms with Crippen molar-refractivity contribution in [2.24, 2.45) is 0 Å². The van der Waals surface area contributed by atoms with Crippen LogP contribution < -0.4 is 5.32 Å². The van der Waals surface area contributed by atoms with Gasteiger partial charge in [-0.2, -0.15) is 0 Å². The smallest absolute Gasteiger partial charge is 0.338 e.